The first-order chi connectivity index (χ1) is 12.1. The zero-order valence-corrected chi connectivity index (χ0v) is 15.0. The molecule has 5 heteroatoms. The third kappa shape index (κ3) is 3.39. The van der Waals surface area contributed by atoms with Crippen molar-refractivity contribution >= 4 is 11.6 Å². The first-order valence-corrected chi connectivity index (χ1v) is 9.60. The molecule has 3 fully saturated rings. The maximum atomic E-state index is 13.4. The normalized spacial score (nSPS) is 28.0. The largest absolute Gasteiger partial charge is 0.369 e. The summed E-state index contributed by atoms with van der Waals surface area (Å²) in [4.78, 5) is 15.0. The maximum Gasteiger partial charge on any atom is 0.223 e. The Morgan fingerprint density at radius 3 is 2.92 bits per heavy atom. The third-order valence-electron chi connectivity index (χ3n) is 6.37. The first-order valence-electron chi connectivity index (χ1n) is 9.60. The Kier molecular flexibility index (Phi) is 4.44. The second kappa shape index (κ2) is 6.60. The molecule has 4 nitrogen and oxygen atoms in total. The van der Waals surface area contributed by atoms with E-state index in [9.17, 15) is 9.18 Å². The average Bonchev–Trinajstić information content (AvgIpc) is 3.29. The van der Waals surface area contributed by atoms with Crippen LogP contribution in [0.1, 0.15) is 37.7 Å². The van der Waals surface area contributed by atoms with Crippen molar-refractivity contribution in [3.8, 4) is 0 Å². The molecular weight excluding hydrogens is 317 g/mol. The van der Waals surface area contributed by atoms with Gasteiger partial charge in [-0.2, -0.15) is 0 Å². The van der Waals surface area contributed by atoms with Crippen LogP contribution in [0.25, 0.3) is 0 Å². The van der Waals surface area contributed by atoms with E-state index < -0.39 is 0 Å². The Hall–Kier alpha value is -1.62. The summed E-state index contributed by atoms with van der Waals surface area (Å²) in [5, 5.41) is 6.70. The number of hydrogen-bond acceptors (Lipinski definition) is 3. The van der Waals surface area contributed by atoms with E-state index in [4.69, 9.17) is 0 Å². The molecule has 4 rings (SSSR count). The minimum absolute atomic E-state index is 0.191. The van der Waals surface area contributed by atoms with E-state index in [-0.39, 0.29) is 29.1 Å². The van der Waals surface area contributed by atoms with E-state index in [0.717, 1.165) is 69.5 Å². The molecule has 2 atom stereocenters. The van der Waals surface area contributed by atoms with Gasteiger partial charge in [0.05, 0.1) is 0 Å². The predicted molar refractivity (Wildman–Crippen MR) is 97.2 cm³/mol. The molecule has 136 valence electrons. The number of carbonyl (C=O) groups excluding carboxylic acids is 1. The lowest BCUT2D eigenvalue weighted by atomic mass is 9.91. The number of hydrogen-bond donors (Lipinski definition) is 2. The van der Waals surface area contributed by atoms with E-state index in [0.29, 0.717) is 0 Å². The molecule has 1 aromatic rings. The Bertz CT molecular complexity index is 656. The fourth-order valence-electron chi connectivity index (χ4n) is 4.78. The summed E-state index contributed by atoms with van der Waals surface area (Å²) in [7, 11) is 0. The number of halogens is 1. The van der Waals surface area contributed by atoms with Crippen LogP contribution in [0.15, 0.2) is 18.2 Å². The summed E-state index contributed by atoms with van der Waals surface area (Å²) in [6.07, 6.45) is 5.42. The molecule has 2 heterocycles. The van der Waals surface area contributed by atoms with Gasteiger partial charge in [-0.1, -0.05) is 0 Å². The first kappa shape index (κ1) is 16.8. The van der Waals surface area contributed by atoms with Gasteiger partial charge in [-0.15, -0.1) is 0 Å². The van der Waals surface area contributed by atoms with Crippen molar-refractivity contribution in [2.75, 3.05) is 31.1 Å². The molecule has 2 saturated heterocycles. The Balaban J connectivity index is 1.36. The Morgan fingerprint density at radius 2 is 2.16 bits per heavy atom. The fourth-order valence-corrected chi connectivity index (χ4v) is 4.78. The van der Waals surface area contributed by atoms with Crippen LogP contribution < -0.4 is 15.5 Å². The van der Waals surface area contributed by atoms with Crippen molar-refractivity contribution in [1.82, 2.24) is 10.6 Å². The van der Waals surface area contributed by atoms with Gasteiger partial charge in [0, 0.05) is 30.7 Å². The van der Waals surface area contributed by atoms with Crippen molar-refractivity contribution in [3.05, 3.63) is 29.6 Å². The van der Waals surface area contributed by atoms with Gasteiger partial charge in [0.15, 0.2) is 0 Å². The van der Waals surface area contributed by atoms with E-state index >= 15 is 0 Å². The van der Waals surface area contributed by atoms with Crippen molar-refractivity contribution in [3.63, 3.8) is 0 Å². The second-order valence-electron chi connectivity index (χ2n) is 8.09. The third-order valence-corrected chi connectivity index (χ3v) is 6.37. The van der Waals surface area contributed by atoms with Crippen molar-refractivity contribution in [1.29, 1.82) is 0 Å². The number of benzene rings is 1. The molecule has 2 aliphatic heterocycles. The lowest BCUT2D eigenvalue weighted by Gasteiger charge is -2.36. The van der Waals surface area contributed by atoms with Crippen LogP contribution in [0.4, 0.5) is 10.1 Å². The quantitative estimate of drug-likeness (QED) is 0.885. The molecule has 1 amide bonds. The lowest BCUT2D eigenvalue weighted by Crippen LogP contribution is -2.49. The van der Waals surface area contributed by atoms with Crippen LogP contribution in [0.3, 0.4) is 0 Å². The minimum atomic E-state index is -0.191. The number of nitrogens with zero attached hydrogens (tertiary/aromatic N) is 1. The summed E-state index contributed by atoms with van der Waals surface area (Å²) in [6, 6.07) is 5.17. The van der Waals surface area contributed by atoms with Gasteiger partial charge in [0.2, 0.25) is 5.91 Å². The number of anilines is 1. The van der Waals surface area contributed by atoms with Crippen LogP contribution >= 0.6 is 0 Å². The summed E-state index contributed by atoms with van der Waals surface area (Å²) in [6.45, 7) is 5.83. The molecule has 2 unspecified atom stereocenters. The van der Waals surface area contributed by atoms with Crippen LogP contribution in [0.5, 0.6) is 0 Å². The molecule has 2 N–H and O–H groups in total. The molecule has 3 aliphatic rings. The minimum Gasteiger partial charge on any atom is -0.369 e. The van der Waals surface area contributed by atoms with Gasteiger partial charge < -0.3 is 15.5 Å². The summed E-state index contributed by atoms with van der Waals surface area (Å²) >= 11 is 0. The van der Waals surface area contributed by atoms with Crippen molar-refractivity contribution in [2.45, 2.75) is 45.1 Å². The van der Waals surface area contributed by atoms with Crippen LogP contribution in [0.2, 0.25) is 0 Å². The zero-order valence-electron chi connectivity index (χ0n) is 15.0. The number of piperidine rings is 2. The number of carbonyl (C=O) groups is 1. The molecule has 25 heavy (non-hydrogen) atoms. The zero-order chi connectivity index (χ0) is 17.4. The molecule has 0 aromatic heterocycles. The van der Waals surface area contributed by atoms with Gasteiger partial charge in [0.25, 0.3) is 0 Å². The van der Waals surface area contributed by atoms with Crippen LogP contribution in [-0.2, 0) is 4.79 Å². The average molecular weight is 345 g/mol. The van der Waals surface area contributed by atoms with Crippen LogP contribution in [-0.4, -0.2) is 38.1 Å². The highest BCUT2D eigenvalue weighted by Crippen LogP contribution is 2.58. The number of rotatable bonds is 3. The van der Waals surface area contributed by atoms with Gasteiger partial charge in [0.1, 0.15) is 5.82 Å². The van der Waals surface area contributed by atoms with Crippen molar-refractivity contribution < 1.29 is 9.18 Å². The lowest BCUT2D eigenvalue weighted by molar-refractivity contribution is -0.124. The number of aryl methyl sites for hydroxylation is 1. The van der Waals surface area contributed by atoms with E-state index in [2.05, 4.69) is 15.5 Å². The van der Waals surface area contributed by atoms with E-state index in [1.165, 1.54) is 6.07 Å². The van der Waals surface area contributed by atoms with Gasteiger partial charge in [-0.25, -0.2) is 4.39 Å². The van der Waals surface area contributed by atoms with E-state index in [1.807, 2.05) is 13.0 Å². The molecule has 1 aliphatic carbocycles. The van der Waals surface area contributed by atoms with Gasteiger partial charge in [-0.05, 0) is 81.3 Å². The maximum absolute atomic E-state index is 13.4. The van der Waals surface area contributed by atoms with Crippen molar-refractivity contribution in [2.24, 2.45) is 11.3 Å². The highest BCUT2D eigenvalue weighted by atomic mass is 19.1. The Morgan fingerprint density at radius 1 is 1.36 bits per heavy atom. The monoisotopic (exact) mass is 345 g/mol. The molecule has 1 saturated carbocycles. The molecule has 0 bridgehead atoms. The summed E-state index contributed by atoms with van der Waals surface area (Å²) < 4.78 is 13.4. The SMILES string of the molecule is Cc1cc(F)ccc1N1CCCC(NC(=O)C2CC23CCNCC3)C1. The molecule has 1 spiro atoms. The summed E-state index contributed by atoms with van der Waals surface area (Å²) in [5.74, 6) is 0.284. The highest BCUT2D eigenvalue weighted by Gasteiger charge is 2.57. The smallest absolute Gasteiger partial charge is 0.223 e. The van der Waals surface area contributed by atoms with Gasteiger partial charge >= 0.3 is 0 Å². The second-order valence-corrected chi connectivity index (χ2v) is 8.09. The van der Waals surface area contributed by atoms with E-state index in [1.54, 1.807) is 6.07 Å². The molecular formula is C20H28FN3O. The molecule has 1 aromatic carbocycles. The number of amides is 1. The Labute approximate surface area is 149 Å². The van der Waals surface area contributed by atoms with Gasteiger partial charge in [-0.3, -0.25) is 4.79 Å². The highest BCUT2D eigenvalue weighted by molar-refractivity contribution is 5.83. The predicted octanol–water partition coefficient (Wildman–Crippen LogP) is 2.61. The van der Waals surface area contributed by atoms with Crippen LogP contribution in [0, 0.1) is 24.1 Å². The number of nitrogens with one attached hydrogen (secondary N) is 2. The topological polar surface area (TPSA) is 44.4 Å². The summed E-state index contributed by atoms with van der Waals surface area (Å²) in [5.41, 5.74) is 2.33. The fraction of sp³-hybridized carbons (Fsp3) is 0.650. The standard InChI is InChI=1S/C20H28FN3O/c1-14-11-15(21)4-5-18(14)24-10-2-3-16(13-24)23-19(25)17-12-20(17)6-8-22-9-7-20/h4-5,11,16-17,22H,2-3,6-10,12-13H2,1H3,(H,23,25). The molecule has 0 radical (unpaired) electrons.